The molecule has 0 N–H and O–H groups in total. The Balaban J connectivity index is 1.33. The normalized spacial score (nSPS) is 20.6. The summed E-state index contributed by atoms with van der Waals surface area (Å²) < 4.78 is 8.41. The molecule has 0 aliphatic carbocycles. The Bertz CT molecular complexity index is 739. The molecule has 0 unspecified atom stereocenters. The van der Waals surface area contributed by atoms with Crippen LogP contribution in [0.3, 0.4) is 0 Å². The Kier molecular flexibility index (Phi) is 4.75. The first-order valence-corrected chi connectivity index (χ1v) is 9.55. The van der Waals surface area contributed by atoms with Crippen molar-refractivity contribution in [3.8, 4) is 5.75 Å². The van der Waals surface area contributed by atoms with Gasteiger partial charge in [-0.05, 0) is 56.8 Å². The van der Waals surface area contributed by atoms with E-state index in [1.165, 1.54) is 42.0 Å². The summed E-state index contributed by atoms with van der Waals surface area (Å²) >= 11 is 0. The summed E-state index contributed by atoms with van der Waals surface area (Å²) in [6.07, 6.45) is 4.77. The molecule has 0 spiro atoms. The molecule has 4 rings (SSSR count). The van der Waals surface area contributed by atoms with Crippen LogP contribution in [0.15, 0.2) is 18.2 Å². The van der Waals surface area contributed by atoms with E-state index in [1.54, 1.807) is 0 Å². The minimum atomic E-state index is 0.522. The lowest BCUT2D eigenvalue weighted by atomic mass is 9.97. The van der Waals surface area contributed by atoms with Crippen molar-refractivity contribution in [2.24, 2.45) is 0 Å². The molecule has 0 radical (unpaired) electrons. The second-order valence-electron chi connectivity index (χ2n) is 7.49. The largest absolute Gasteiger partial charge is 0.492 e. The van der Waals surface area contributed by atoms with Gasteiger partial charge in [-0.1, -0.05) is 12.1 Å². The van der Waals surface area contributed by atoms with Gasteiger partial charge in [0.15, 0.2) is 0 Å². The van der Waals surface area contributed by atoms with Gasteiger partial charge in [-0.25, -0.2) is 0 Å². The van der Waals surface area contributed by atoms with E-state index in [4.69, 9.17) is 4.74 Å². The Hall–Kier alpha value is -1.88. The van der Waals surface area contributed by atoms with Crippen molar-refractivity contribution in [3.05, 3.63) is 41.0 Å². The number of hydrogen-bond donors (Lipinski definition) is 0. The number of rotatable bonds is 5. The van der Waals surface area contributed by atoms with Crippen molar-refractivity contribution in [3.63, 3.8) is 0 Å². The van der Waals surface area contributed by atoms with Gasteiger partial charge in [-0.3, -0.25) is 4.90 Å². The molecule has 1 saturated heterocycles. The van der Waals surface area contributed by atoms with E-state index in [2.05, 4.69) is 51.7 Å². The quantitative estimate of drug-likeness (QED) is 0.839. The first kappa shape index (κ1) is 16.6. The predicted octanol–water partition coefficient (Wildman–Crippen LogP) is 3.10. The molecule has 2 aliphatic heterocycles. The standard InChI is InChI=1S/C20H28N4O/c1-15-7-8-16(2)18(13-15)25-12-11-23-9-3-5-17(14-23)20-22-21-19-6-4-10-24(19)20/h7-8,13,17H,3-6,9-12,14H2,1-2H3/t17-/m0/s1. The van der Waals surface area contributed by atoms with Gasteiger partial charge in [-0.15, -0.1) is 10.2 Å². The summed E-state index contributed by atoms with van der Waals surface area (Å²) in [5.41, 5.74) is 2.46. The monoisotopic (exact) mass is 340 g/mol. The average molecular weight is 340 g/mol. The third-order valence-corrected chi connectivity index (χ3v) is 5.52. The van der Waals surface area contributed by atoms with E-state index >= 15 is 0 Å². The molecule has 25 heavy (non-hydrogen) atoms. The first-order valence-electron chi connectivity index (χ1n) is 9.55. The zero-order valence-electron chi connectivity index (χ0n) is 15.4. The summed E-state index contributed by atoms with van der Waals surface area (Å²) in [5, 5.41) is 8.89. The van der Waals surface area contributed by atoms with E-state index in [-0.39, 0.29) is 0 Å². The number of fused-ring (bicyclic) bond motifs is 1. The van der Waals surface area contributed by atoms with E-state index in [0.29, 0.717) is 5.92 Å². The number of ether oxygens (including phenoxy) is 1. The molecule has 3 heterocycles. The maximum atomic E-state index is 6.05. The molecule has 0 amide bonds. The van der Waals surface area contributed by atoms with Crippen molar-refractivity contribution in [2.45, 2.75) is 52.0 Å². The van der Waals surface area contributed by atoms with Crippen molar-refractivity contribution >= 4 is 0 Å². The van der Waals surface area contributed by atoms with Crippen LogP contribution in [-0.4, -0.2) is 45.9 Å². The Morgan fingerprint density at radius 1 is 1.16 bits per heavy atom. The van der Waals surface area contributed by atoms with Crippen LogP contribution in [0.4, 0.5) is 0 Å². The van der Waals surface area contributed by atoms with Crippen LogP contribution in [0.2, 0.25) is 0 Å². The third kappa shape index (κ3) is 3.56. The van der Waals surface area contributed by atoms with Crippen molar-refractivity contribution < 1.29 is 4.74 Å². The zero-order chi connectivity index (χ0) is 17.2. The van der Waals surface area contributed by atoms with Crippen LogP contribution in [0.25, 0.3) is 0 Å². The van der Waals surface area contributed by atoms with Crippen molar-refractivity contribution in [1.82, 2.24) is 19.7 Å². The molecule has 1 fully saturated rings. The van der Waals surface area contributed by atoms with Gasteiger partial charge in [0.05, 0.1) is 0 Å². The lowest BCUT2D eigenvalue weighted by Crippen LogP contribution is -2.37. The van der Waals surface area contributed by atoms with Crippen LogP contribution in [0.5, 0.6) is 5.75 Å². The fourth-order valence-corrected chi connectivity index (χ4v) is 4.09. The van der Waals surface area contributed by atoms with Gasteiger partial charge >= 0.3 is 0 Å². The Labute approximate surface area is 150 Å². The smallest absolute Gasteiger partial charge is 0.137 e. The van der Waals surface area contributed by atoms with Crippen LogP contribution in [0, 0.1) is 13.8 Å². The summed E-state index contributed by atoms with van der Waals surface area (Å²) in [4.78, 5) is 2.52. The number of benzene rings is 1. The molecule has 5 heteroatoms. The number of aromatic nitrogens is 3. The third-order valence-electron chi connectivity index (χ3n) is 5.52. The molecule has 5 nitrogen and oxygen atoms in total. The summed E-state index contributed by atoms with van der Waals surface area (Å²) in [7, 11) is 0. The minimum Gasteiger partial charge on any atom is -0.492 e. The van der Waals surface area contributed by atoms with E-state index in [9.17, 15) is 0 Å². The van der Waals surface area contributed by atoms with Crippen LogP contribution >= 0.6 is 0 Å². The van der Waals surface area contributed by atoms with Crippen molar-refractivity contribution in [1.29, 1.82) is 0 Å². The molecular formula is C20H28N4O. The number of likely N-dealkylation sites (tertiary alicyclic amines) is 1. The van der Waals surface area contributed by atoms with Gasteiger partial charge in [-0.2, -0.15) is 0 Å². The lowest BCUT2D eigenvalue weighted by molar-refractivity contribution is 0.166. The highest BCUT2D eigenvalue weighted by molar-refractivity contribution is 5.35. The van der Waals surface area contributed by atoms with Crippen LogP contribution in [0.1, 0.15) is 48.0 Å². The SMILES string of the molecule is Cc1ccc(C)c(OCCN2CCC[C@H](c3nnc4n3CCC4)C2)c1. The van der Waals surface area contributed by atoms with E-state index in [1.807, 2.05) is 0 Å². The first-order chi connectivity index (χ1) is 12.2. The second-order valence-corrected chi connectivity index (χ2v) is 7.49. The second kappa shape index (κ2) is 7.16. The Morgan fingerprint density at radius 2 is 2.08 bits per heavy atom. The zero-order valence-corrected chi connectivity index (χ0v) is 15.4. The summed E-state index contributed by atoms with van der Waals surface area (Å²) in [6, 6.07) is 6.40. The van der Waals surface area contributed by atoms with Gasteiger partial charge in [0, 0.05) is 32.0 Å². The maximum absolute atomic E-state index is 6.05. The minimum absolute atomic E-state index is 0.522. The predicted molar refractivity (Wildman–Crippen MR) is 98.2 cm³/mol. The average Bonchev–Trinajstić information content (AvgIpc) is 3.22. The molecule has 2 aromatic rings. The summed E-state index contributed by atoms with van der Waals surface area (Å²) in [6.45, 7) is 9.28. The number of nitrogens with zero attached hydrogens (tertiary/aromatic N) is 4. The highest BCUT2D eigenvalue weighted by Crippen LogP contribution is 2.28. The number of piperidine rings is 1. The summed E-state index contributed by atoms with van der Waals surface area (Å²) in [5.74, 6) is 3.94. The highest BCUT2D eigenvalue weighted by Gasteiger charge is 2.28. The van der Waals surface area contributed by atoms with Crippen molar-refractivity contribution in [2.75, 3.05) is 26.2 Å². The maximum Gasteiger partial charge on any atom is 0.137 e. The molecule has 134 valence electrons. The van der Waals surface area contributed by atoms with Crippen LogP contribution < -0.4 is 4.74 Å². The molecular weight excluding hydrogens is 312 g/mol. The van der Waals surface area contributed by atoms with Crippen LogP contribution in [-0.2, 0) is 13.0 Å². The van der Waals surface area contributed by atoms with Gasteiger partial charge in [0.2, 0.25) is 0 Å². The van der Waals surface area contributed by atoms with E-state index in [0.717, 1.165) is 45.0 Å². The Morgan fingerprint density at radius 3 is 3.00 bits per heavy atom. The van der Waals surface area contributed by atoms with Gasteiger partial charge in [0.1, 0.15) is 24.0 Å². The molecule has 1 atom stereocenters. The molecule has 1 aromatic carbocycles. The lowest BCUT2D eigenvalue weighted by Gasteiger charge is -2.32. The fourth-order valence-electron chi connectivity index (χ4n) is 4.09. The van der Waals surface area contributed by atoms with E-state index < -0.39 is 0 Å². The molecule has 0 saturated carbocycles. The highest BCUT2D eigenvalue weighted by atomic mass is 16.5. The van der Waals surface area contributed by atoms with Gasteiger partial charge < -0.3 is 9.30 Å². The molecule has 0 bridgehead atoms. The van der Waals surface area contributed by atoms with Gasteiger partial charge in [0.25, 0.3) is 0 Å². The number of aryl methyl sites for hydroxylation is 3. The molecule has 1 aromatic heterocycles. The number of hydrogen-bond acceptors (Lipinski definition) is 4. The topological polar surface area (TPSA) is 43.2 Å². The fraction of sp³-hybridized carbons (Fsp3) is 0.600. The molecule has 2 aliphatic rings.